The summed E-state index contributed by atoms with van der Waals surface area (Å²) >= 11 is 0. The average molecular weight is 263 g/mol. The number of aliphatic hydroxyl groups excluding tert-OH is 1. The third-order valence-corrected chi connectivity index (χ3v) is 3.52. The van der Waals surface area contributed by atoms with Crippen LogP contribution in [-0.4, -0.2) is 35.1 Å². The third-order valence-electron chi connectivity index (χ3n) is 3.52. The van der Waals surface area contributed by atoms with Gasteiger partial charge in [0.15, 0.2) is 0 Å². The quantitative estimate of drug-likeness (QED) is 0.852. The van der Waals surface area contributed by atoms with E-state index < -0.39 is 0 Å². The van der Waals surface area contributed by atoms with Gasteiger partial charge in [-0.25, -0.2) is 0 Å². The second kappa shape index (κ2) is 6.57. The van der Waals surface area contributed by atoms with Gasteiger partial charge >= 0.3 is 0 Å². The van der Waals surface area contributed by atoms with E-state index >= 15 is 0 Å². The van der Waals surface area contributed by atoms with Crippen LogP contribution in [0.4, 0.5) is 0 Å². The van der Waals surface area contributed by atoms with Crippen molar-refractivity contribution in [1.29, 1.82) is 0 Å². The van der Waals surface area contributed by atoms with E-state index in [1.807, 2.05) is 19.1 Å². The van der Waals surface area contributed by atoms with Crippen molar-refractivity contribution in [2.75, 3.05) is 13.2 Å². The van der Waals surface area contributed by atoms with Crippen LogP contribution in [0.2, 0.25) is 0 Å². The average Bonchev–Trinajstić information content (AvgIpc) is 2.69. The number of likely N-dealkylation sites (tertiary alicyclic amines) is 1. The molecule has 0 radical (unpaired) electrons. The van der Waals surface area contributed by atoms with E-state index in [2.05, 4.69) is 0 Å². The van der Waals surface area contributed by atoms with Gasteiger partial charge in [0.2, 0.25) is 5.91 Å². The maximum Gasteiger partial charge on any atom is 0.247 e. The summed E-state index contributed by atoms with van der Waals surface area (Å²) in [6.45, 7) is 2.64. The topological polar surface area (TPSA) is 53.7 Å². The van der Waals surface area contributed by atoms with Gasteiger partial charge in [-0.1, -0.05) is 12.8 Å². The first-order valence-electron chi connectivity index (χ1n) is 6.86. The summed E-state index contributed by atoms with van der Waals surface area (Å²) in [5, 5.41) is 9.39. The van der Waals surface area contributed by atoms with E-state index in [9.17, 15) is 9.90 Å². The smallest absolute Gasteiger partial charge is 0.247 e. The van der Waals surface area contributed by atoms with Crippen LogP contribution in [0.5, 0.6) is 0 Å². The zero-order valence-electron chi connectivity index (χ0n) is 11.3. The van der Waals surface area contributed by atoms with Gasteiger partial charge in [-0.05, 0) is 38.0 Å². The highest BCUT2D eigenvalue weighted by Gasteiger charge is 2.23. The largest absolute Gasteiger partial charge is 0.462 e. The van der Waals surface area contributed by atoms with Crippen molar-refractivity contribution in [3.63, 3.8) is 0 Å². The molecular formula is C15H21NO3. The van der Waals surface area contributed by atoms with Crippen LogP contribution in [0.15, 0.2) is 22.6 Å². The maximum absolute atomic E-state index is 12.2. The highest BCUT2D eigenvalue weighted by molar-refractivity contribution is 5.91. The molecule has 0 aliphatic carbocycles. The summed E-state index contributed by atoms with van der Waals surface area (Å²) in [6, 6.07) is 3.66. The first-order chi connectivity index (χ1) is 9.20. The Bertz CT molecular complexity index is 450. The zero-order chi connectivity index (χ0) is 13.7. The Kier molecular flexibility index (Phi) is 4.80. The van der Waals surface area contributed by atoms with Crippen LogP contribution in [-0.2, 0) is 4.79 Å². The molecule has 0 aromatic carbocycles. The number of carbonyl (C=O) groups excluding carboxylic acids is 1. The SMILES string of the molecule is Cc1ccc(/C=C/C(=O)N2CCCCCC2CO)o1. The van der Waals surface area contributed by atoms with Crippen LogP contribution in [0.25, 0.3) is 6.08 Å². The van der Waals surface area contributed by atoms with Gasteiger partial charge in [-0.15, -0.1) is 0 Å². The standard InChI is InChI=1S/C15H21NO3/c1-12-6-7-14(19-12)8-9-15(18)16-10-4-2-3-5-13(16)11-17/h6-9,13,17H,2-5,10-11H2,1H3/b9-8+. The molecule has 1 fully saturated rings. The first kappa shape index (κ1) is 13.9. The van der Waals surface area contributed by atoms with E-state index in [1.54, 1.807) is 11.0 Å². The van der Waals surface area contributed by atoms with Crippen LogP contribution >= 0.6 is 0 Å². The minimum atomic E-state index is -0.0463. The Morgan fingerprint density at radius 2 is 2.32 bits per heavy atom. The number of nitrogens with zero attached hydrogens (tertiary/aromatic N) is 1. The highest BCUT2D eigenvalue weighted by Crippen LogP contribution is 2.17. The van der Waals surface area contributed by atoms with Gasteiger partial charge in [0.1, 0.15) is 11.5 Å². The molecule has 2 rings (SSSR count). The number of furan rings is 1. The van der Waals surface area contributed by atoms with E-state index in [4.69, 9.17) is 4.42 Å². The predicted octanol–water partition coefficient (Wildman–Crippen LogP) is 2.36. The van der Waals surface area contributed by atoms with Crippen molar-refractivity contribution in [3.05, 3.63) is 29.7 Å². The van der Waals surface area contributed by atoms with E-state index in [0.29, 0.717) is 5.76 Å². The molecule has 1 aromatic heterocycles. The fourth-order valence-corrected chi connectivity index (χ4v) is 2.45. The van der Waals surface area contributed by atoms with E-state index in [0.717, 1.165) is 38.0 Å². The fraction of sp³-hybridized carbons (Fsp3) is 0.533. The van der Waals surface area contributed by atoms with Gasteiger partial charge in [0.25, 0.3) is 0 Å². The van der Waals surface area contributed by atoms with Gasteiger partial charge in [0.05, 0.1) is 12.6 Å². The molecule has 1 saturated heterocycles. The molecule has 1 aromatic rings. The molecule has 104 valence electrons. The molecular weight excluding hydrogens is 242 g/mol. The summed E-state index contributed by atoms with van der Waals surface area (Å²) in [4.78, 5) is 14.0. The van der Waals surface area contributed by atoms with Crippen molar-refractivity contribution in [1.82, 2.24) is 4.90 Å². The lowest BCUT2D eigenvalue weighted by atomic mass is 10.1. The lowest BCUT2D eigenvalue weighted by Crippen LogP contribution is -2.41. The van der Waals surface area contributed by atoms with E-state index in [-0.39, 0.29) is 18.6 Å². The number of carbonyl (C=O) groups is 1. The minimum Gasteiger partial charge on any atom is -0.462 e. The summed E-state index contributed by atoms with van der Waals surface area (Å²) in [5.41, 5.74) is 0. The molecule has 1 atom stereocenters. The molecule has 1 aliphatic rings. The summed E-state index contributed by atoms with van der Waals surface area (Å²) in [7, 11) is 0. The second-order valence-electron chi connectivity index (χ2n) is 5.00. The molecule has 0 spiro atoms. The Morgan fingerprint density at radius 1 is 1.47 bits per heavy atom. The van der Waals surface area contributed by atoms with Crippen molar-refractivity contribution in [2.45, 2.75) is 38.6 Å². The molecule has 1 aliphatic heterocycles. The third kappa shape index (κ3) is 3.70. The minimum absolute atomic E-state index is 0.0411. The van der Waals surface area contributed by atoms with Crippen LogP contribution in [0.3, 0.4) is 0 Å². The second-order valence-corrected chi connectivity index (χ2v) is 5.00. The number of hydrogen-bond donors (Lipinski definition) is 1. The Balaban J connectivity index is 2.02. The number of aryl methyl sites for hydroxylation is 1. The molecule has 19 heavy (non-hydrogen) atoms. The molecule has 0 saturated carbocycles. The normalized spacial score (nSPS) is 20.7. The summed E-state index contributed by atoms with van der Waals surface area (Å²) < 4.78 is 5.39. The summed E-state index contributed by atoms with van der Waals surface area (Å²) in [6.07, 6.45) is 7.32. The molecule has 4 heteroatoms. The molecule has 2 heterocycles. The van der Waals surface area contributed by atoms with Crippen LogP contribution in [0.1, 0.15) is 37.2 Å². The molecule has 1 unspecified atom stereocenters. The number of hydrogen-bond acceptors (Lipinski definition) is 3. The predicted molar refractivity (Wildman–Crippen MR) is 73.5 cm³/mol. The van der Waals surface area contributed by atoms with Crippen LogP contribution in [0, 0.1) is 6.92 Å². The van der Waals surface area contributed by atoms with Crippen molar-refractivity contribution in [3.8, 4) is 0 Å². The van der Waals surface area contributed by atoms with Crippen LogP contribution < -0.4 is 0 Å². The lowest BCUT2D eigenvalue weighted by Gasteiger charge is -2.27. The molecule has 4 nitrogen and oxygen atoms in total. The maximum atomic E-state index is 12.2. The molecule has 1 N–H and O–H groups in total. The van der Waals surface area contributed by atoms with Gasteiger partial charge < -0.3 is 14.4 Å². The lowest BCUT2D eigenvalue weighted by molar-refractivity contribution is -0.129. The monoisotopic (exact) mass is 263 g/mol. The Morgan fingerprint density at radius 3 is 3.00 bits per heavy atom. The fourth-order valence-electron chi connectivity index (χ4n) is 2.45. The first-order valence-corrected chi connectivity index (χ1v) is 6.86. The summed E-state index contributed by atoms with van der Waals surface area (Å²) in [5.74, 6) is 1.46. The van der Waals surface area contributed by atoms with Crippen molar-refractivity contribution in [2.24, 2.45) is 0 Å². The van der Waals surface area contributed by atoms with Gasteiger partial charge in [0, 0.05) is 12.6 Å². The van der Waals surface area contributed by atoms with Crippen molar-refractivity contribution < 1.29 is 14.3 Å². The Hall–Kier alpha value is -1.55. The van der Waals surface area contributed by atoms with Gasteiger partial charge in [-0.2, -0.15) is 0 Å². The molecule has 1 amide bonds. The Labute approximate surface area is 113 Å². The van der Waals surface area contributed by atoms with Gasteiger partial charge in [-0.3, -0.25) is 4.79 Å². The highest BCUT2D eigenvalue weighted by atomic mass is 16.3. The number of rotatable bonds is 3. The number of amides is 1. The van der Waals surface area contributed by atoms with Crippen molar-refractivity contribution >= 4 is 12.0 Å². The van der Waals surface area contributed by atoms with E-state index in [1.165, 1.54) is 6.08 Å². The molecule has 0 bridgehead atoms. The number of aliphatic hydroxyl groups is 1. The zero-order valence-corrected chi connectivity index (χ0v) is 11.3.